The number of anilines is 1. The van der Waals surface area contributed by atoms with Gasteiger partial charge in [0.25, 0.3) is 5.91 Å². The van der Waals surface area contributed by atoms with Crippen molar-refractivity contribution in [1.29, 1.82) is 0 Å². The van der Waals surface area contributed by atoms with Crippen LogP contribution in [0, 0.1) is 0 Å². The van der Waals surface area contributed by atoms with E-state index in [0.717, 1.165) is 11.4 Å². The molecule has 1 aliphatic rings. The van der Waals surface area contributed by atoms with Gasteiger partial charge in [-0.2, -0.15) is 0 Å². The molecule has 0 saturated heterocycles. The van der Waals surface area contributed by atoms with Gasteiger partial charge in [0.15, 0.2) is 0 Å². The standard InChI is InChI=1S/C12H12N4O/c1-15-6-10-11(13)14-7-16(10)9-5-3-2-4-8(9)12(15)17/h2-5,7H,6,13H2,1H3. The highest BCUT2D eigenvalue weighted by atomic mass is 16.2. The fourth-order valence-corrected chi connectivity index (χ4v) is 2.12. The van der Waals surface area contributed by atoms with Crippen molar-refractivity contribution in [1.82, 2.24) is 14.5 Å². The maximum absolute atomic E-state index is 12.2. The van der Waals surface area contributed by atoms with Crippen molar-refractivity contribution in [3.63, 3.8) is 0 Å². The summed E-state index contributed by atoms with van der Waals surface area (Å²) in [7, 11) is 1.77. The zero-order valence-corrected chi connectivity index (χ0v) is 9.42. The third-order valence-corrected chi connectivity index (χ3v) is 3.03. The van der Waals surface area contributed by atoms with E-state index in [9.17, 15) is 4.79 Å². The van der Waals surface area contributed by atoms with Crippen LogP contribution in [0.3, 0.4) is 0 Å². The number of nitrogens with two attached hydrogens (primary N) is 1. The Morgan fingerprint density at radius 3 is 2.94 bits per heavy atom. The topological polar surface area (TPSA) is 64.2 Å². The second kappa shape index (κ2) is 3.35. The average molecular weight is 228 g/mol. The van der Waals surface area contributed by atoms with Gasteiger partial charge in [0.2, 0.25) is 0 Å². The summed E-state index contributed by atoms with van der Waals surface area (Å²) in [6.07, 6.45) is 1.66. The molecule has 0 atom stereocenters. The number of carbonyl (C=O) groups is 1. The van der Waals surface area contributed by atoms with E-state index >= 15 is 0 Å². The molecule has 0 radical (unpaired) electrons. The Labute approximate surface area is 98.5 Å². The van der Waals surface area contributed by atoms with Crippen molar-refractivity contribution >= 4 is 11.7 Å². The molecule has 1 aromatic carbocycles. The monoisotopic (exact) mass is 228 g/mol. The van der Waals surface area contributed by atoms with Gasteiger partial charge in [-0.3, -0.25) is 9.36 Å². The van der Waals surface area contributed by atoms with Crippen LogP contribution in [0.1, 0.15) is 16.1 Å². The quantitative estimate of drug-likeness (QED) is 0.732. The predicted molar refractivity (Wildman–Crippen MR) is 63.8 cm³/mol. The van der Waals surface area contributed by atoms with Gasteiger partial charge in [0, 0.05) is 7.05 Å². The molecular formula is C12H12N4O. The van der Waals surface area contributed by atoms with Gasteiger partial charge in [0.1, 0.15) is 12.1 Å². The highest BCUT2D eigenvalue weighted by Crippen LogP contribution is 2.25. The van der Waals surface area contributed by atoms with E-state index < -0.39 is 0 Å². The summed E-state index contributed by atoms with van der Waals surface area (Å²) in [6, 6.07) is 7.48. The second-order valence-electron chi connectivity index (χ2n) is 4.12. The lowest BCUT2D eigenvalue weighted by atomic mass is 10.1. The maximum Gasteiger partial charge on any atom is 0.256 e. The lowest BCUT2D eigenvalue weighted by molar-refractivity contribution is 0.0788. The Morgan fingerprint density at radius 1 is 1.35 bits per heavy atom. The number of hydrogen-bond acceptors (Lipinski definition) is 3. The molecule has 17 heavy (non-hydrogen) atoms. The molecule has 2 aromatic rings. The molecule has 2 N–H and O–H groups in total. The van der Waals surface area contributed by atoms with Gasteiger partial charge >= 0.3 is 0 Å². The molecule has 1 aliphatic heterocycles. The number of carbonyl (C=O) groups excluding carboxylic acids is 1. The summed E-state index contributed by atoms with van der Waals surface area (Å²) in [5.41, 5.74) is 8.18. The first-order valence-corrected chi connectivity index (χ1v) is 5.35. The van der Waals surface area contributed by atoms with Crippen LogP contribution >= 0.6 is 0 Å². The third kappa shape index (κ3) is 1.32. The van der Waals surface area contributed by atoms with E-state index in [1.165, 1.54) is 0 Å². The first kappa shape index (κ1) is 9.89. The number of aromatic nitrogens is 2. The van der Waals surface area contributed by atoms with E-state index in [2.05, 4.69) is 4.98 Å². The predicted octanol–water partition coefficient (Wildman–Crippen LogP) is 1.04. The third-order valence-electron chi connectivity index (χ3n) is 3.03. The van der Waals surface area contributed by atoms with Crippen LogP contribution in [0.4, 0.5) is 5.82 Å². The van der Waals surface area contributed by atoms with E-state index in [4.69, 9.17) is 5.73 Å². The van der Waals surface area contributed by atoms with Crippen LogP contribution in [0.5, 0.6) is 0 Å². The average Bonchev–Trinajstić information content (AvgIpc) is 2.65. The van der Waals surface area contributed by atoms with E-state index in [0.29, 0.717) is 17.9 Å². The van der Waals surface area contributed by atoms with Crippen LogP contribution in [0.15, 0.2) is 30.6 Å². The van der Waals surface area contributed by atoms with Gasteiger partial charge in [-0.1, -0.05) is 12.1 Å². The molecule has 0 unspecified atom stereocenters. The number of fused-ring (bicyclic) bond motifs is 3. The minimum Gasteiger partial charge on any atom is -0.382 e. The number of rotatable bonds is 0. The molecule has 1 amide bonds. The number of imidazole rings is 1. The molecule has 0 fully saturated rings. The summed E-state index contributed by atoms with van der Waals surface area (Å²) in [5, 5.41) is 0. The fraction of sp³-hybridized carbons (Fsp3) is 0.167. The Bertz CT molecular complexity index is 602. The van der Waals surface area contributed by atoms with Crippen molar-refractivity contribution in [2.24, 2.45) is 0 Å². The first-order valence-electron chi connectivity index (χ1n) is 5.35. The van der Waals surface area contributed by atoms with Crippen LogP contribution in [-0.2, 0) is 6.54 Å². The van der Waals surface area contributed by atoms with Gasteiger partial charge < -0.3 is 10.6 Å². The van der Waals surface area contributed by atoms with Crippen LogP contribution in [0.2, 0.25) is 0 Å². The molecule has 5 heteroatoms. The number of nitrogens with zero attached hydrogens (tertiary/aromatic N) is 3. The zero-order chi connectivity index (χ0) is 12.0. The van der Waals surface area contributed by atoms with Gasteiger partial charge in [-0.05, 0) is 12.1 Å². The van der Waals surface area contributed by atoms with Crippen LogP contribution in [0.25, 0.3) is 5.69 Å². The number of para-hydroxylation sites is 1. The van der Waals surface area contributed by atoms with Crippen molar-refractivity contribution in [3.05, 3.63) is 41.9 Å². The van der Waals surface area contributed by atoms with Gasteiger partial charge in [-0.15, -0.1) is 0 Å². The lowest BCUT2D eigenvalue weighted by Crippen LogP contribution is -2.25. The van der Waals surface area contributed by atoms with Crippen molar-refractivity contribution in [2.45, 2.75) is 6.54 Å². The molecule has 0 saturated carbocycles. The summed E-state index contributed by atoms with van der Waals surface area (Å²) >= 11 is 0. The number of nitrogen functional groups attached to an aromatic ring is 1. The molecular weight excluding hydrogens is 216 g/mol. The first-order chi connectivity index (χ1) is 8.18. The molecule has 3 rings (SSSR count). The van der Waals surface area contributed by atoms with Crippen molar-refractivity contribution in [2.75, 3.05) is 12.8 Å². The minimum absolute atomic E-state index is 0.00343. The minimum atomic E-state index is 0.00343. The molecule has 0 aliphatic carbocycles. The van der Waals surface area contributed by atoms with Gasteiger partial charge in [-0.25, -0.2) is 4.98 Å². The fourth-order valence-electron chi connectivity index (χ4n) is 2.12. The van der Waals surface area contributed by atoms with Crippen LogP contribution < -0.4 is 5.73 Å². The SMILES string of the molecule is CN1Cc2c(N)ncn2-c2ccccc2C1=O. The van der Waals surface area contributed by atoms with E-state index in [-0.39, 0.29) is 5.91 Å². The summed E-state index contributed by atoms with van der Waals surface area (Å²) in [4.78, 5) is 17.9. The van der Waals surface area contributed by atoms with Crippen LogP contribution in [-0.4, -0.2) is 27.4 Å². The molecule has 2 heterocycles. The highest BCUT2D eigenvalue weighted by Gasteiger charge is 2.24. The summed E-state index contributed by atoms with van der Waals surface area (Å²) in [5.74, 6) is 0.477. The van der Waals surface area contributed by atoms with Crippen molar-refractivity contribution < 1.29 is 4.79 Å². The molecule has 86 valence electrons. The number of amides is 1. The molecule has 0 spiro atoms. The molecule has 0 bridgehead atoms. The normalized spacial score (nSPS) is 14.2. The Kier molecular flexibility index (Phi) is 1.95. The largest absolute Gasteiger partial charge is 0.382 e. The lowest BCUT2D eigenvalue weighted by Gasteiger charge is -2.13. The highest BCUT2D eigenvalue weighted by molar-refractivity contribution is 5.98. The second-order valence-corrected chi connectivity index (χ2v) is 4.12. The van der Waals surface area contributed by atoms with E-state index in [1.54, 1.807) is 18.3 Å². The Hall–Kier alpha value is -2.30. The van der Waals surface area contributed by atoms with Gasteiger partial charge in [0.05, 0.1) is 23.5 Å². The number of hydrogen-bond donors (Lipinski definition) is 1. The molecule has 5 nitrogen and oxygen atoms in total. The van der Waals surface area contributed by atoms with Crippen molar-refractivity contribution in [3.8, 4) is 5.69 Å². The summed E-state index contributed by atoms with van der Waals surface area (Å²) in [6.45, 7) is 0.472. The number of benzene rings is 1. The maximum atomic E-state index is 12.2. The Balaban J connectivity index is 2.33. The van der Waals surface area contributed by atoms with E-state index in [1.807, 2.05) is 28.8 Å². The smallest absolute Gasteiger partial charge is 0.256 e. The summed E-state index contributed by atoms with van der Waals surface area (Å²) < 4.78 is 1.88. The Morgan fingerprint density at radius 2 is 2.12 bits per heavy atom. The molecule has 1 aromatic heterocycles. The zero-order valence-electron chi connectivity index (χ0n) is 9.42.